The number of rotatable bonds is 7. The minimum atomic E-state index is -0.429. The van der Waals surface area contributed by atoms with Gasteiger partial charge in [-0.25, -0.2) is 4.98 Å². The lowest BCUT2D eigenvalue weighted by Gasteiger charge is -2.13. The molecule has 0 radical (unpaired) electrons. The van der Waals surface area contributed by atoms with E-state index in [0.717, 1.165) is 0 Å². The van der Waals surface area contributed by atoms with Crippen LogP contribution in [0.5, 0.6) is 11.5 Å². The zero-order valence-corrected chi connectivity index (χ0v) is 22.5. The molecule has 0 saturated heterocycles. The molecule has 1 heterocycles. The van der Waals surface area contributed by atoms with Crippen LogP contribution >= 0.6 is 23.2 Å². The van der Waals surface area contributed by atoms with Gasteiger partial charge in [-0.15, -0.1) is 0 Å². The largest absolute Gasteiger partial charge is 0.497 e. The van der Waals surface area contributed by atoms with E-state index in [0.29, 0.717) is 55.2 Å². The molecule has 0 aliphatic rings. The Hall–Kier alpha value is -4.39. The van der Waals surface area contributed by atoms with E-state index >= 15 is 0 Å². The highest BCUT2D eigenvalue weighted by Crippen LogP contribution is 2.36. The van der Waals surface area contributed by atoms with Crippen LogP contribution in [-0.4, -0.2) is 35.5 Å². The molecule has 0 amide bonds. The minimum absolute atomic E-state index is 0.0334. The van der Waals surface area contributed by atoms with Crippen molar-refractivity contribution in [2.24, 2.45) is 0 Å². The third-order valence-corrected chi connectivity index (χ3v) is 6.71. The van der Waals surface area contributed by atoms with Crippen molar-refractivity contribution in [3.63, 3.8) is 0 Å². The van der Waals surface area contributed by atoms with Crippen LogP contribution in [0.2, 0.25) is 10.0 Å². The van der Waals surface area contributed by atoms with Gasteiger partial charge in [0, 0.05) is 32.3 Å². The number of hydrogen-bond acceptors (Lipinski definition) is 5. The molecule has 0 unspecified atom stereocenters. The number of carbonyl (C=O) groups excluding carboxylic acids is 2. The molecule has 0 bridgehead atoms. The number of hydrogen-bond donors (Lipinski definition) is 0. The molecule has 6 nitrogen and oxygen atoms in total. The molecule has 0 atom stereocenters. The van der Waals surface area contributed by atoms with Crippen LogP contribution < -0.4 is 9.47 Å². The second kappa shape index (κ2) is 11.2. The van der Waals surface area contributed by atoms with E-state index in [-0.39, 0.29) is 5.82 Å². The Kier molecular flexibility index (Phi) is 7.50. The van der Waals surface area contributed by atoms with Gasteiger partial charge >= 0.3 is 0 Å². The molecule has 4 aromatic carbocycles. The van der Waals surface area contributed by atoms with Gasteiger partial charge in [-0.1, -0.05) is 23.2 Å². The molecular weight excluding hydrogens is 535 g/mol. The molecule has 1 aromatic heterocycles. The Bertz CT molecular complexity index is 1640. The summed E-state index contributed by atoms with van der Waals surface area (Å²) in [5.74, 6) is 0.427. The van der Waals surface area contributed by atoms with Crippen LogP contribution in [0.3, 0.4) is 0 Å². The summed E-state index contributed by atoms with van der Waals surface area (Å²) in [6.07, 6.45) is 0. The molecule has 0 aliphatic heterocycles. The van der Waals surface area contributed by atoms with Crippen LogP contribution in [-0.2, 0) is 0 Å². The number of ether oxygens (including phenoxy) is 2. The molecule has 0 fully saturated rings. The smallest absolute Gasteiger partial charge is 0.264 e. The number of ketones is 1. The van der Waals surface area contributed by atoms with E-state index in [1.54, 1.807) is 87.0 Å². The fourth-order valence-corrected chi connectivity index (χ4v) is 4.44. The van der Waals surface area contributed by atoms with Gasteiger partial charge in [0.05, 0.1) is 25.6 Å². The molecule has 0 N–H and O–H groups in total. The van der Waals surface area contributed by atoms with E-state index in [2.05, 4.69) is 0 Å². The summed E-state index contributed by atoms with van der Waals surface area (Å²) in [5, 5.41) is 0.980. The highest BCUT2D eigenvalue weighted by molar-refractivity contribution is 6.31. The number of aromatic nitrogens is 2. The summed E-state index contributed by atoms with van der Waals surface area (Å²) < 4.78 is 12.0. The zero-order chi connectivity index (χ0) is 27.5. The first-order valence-corrected chi connectivity index (χ1v) is 12.7. The monoisotopic (exact) mass is 556 g/mol. The lowest BCUT2D eigenvalue weighted by molar-refractivity contribution is 0.0932. The molecule has 5 rings (SSSR count). The van der Waals surface area contributed by atoms with Crippen molar-refractivity contribution in [2.45, 2.75) is 0 Å². The average molecular weight is 557 g/mol. The summed E-state index contributed by atoms with van der Waals surface area (Å²) in [6, 6.07) is 27.5. The van der Waals surface area contributed by atoms with E-state index in [1.807, 2.05) is 24.3 Å². The lowest BCUT2D eigenvalue weighted by atomic mass is 10.0. The summed E-state index contributed by atoms with van der Waals surface area (Å²) >= 11 is 12.1. The van der Waals surface area contributed by atoms with Gasteiger partial charge in [-0.2, -0.15) is 0 Å². The van der Waals surface area contributed by atoms with Gasteiger partial charge in [0.15, 0.2) is 5.82 Å². The van der Waals surface area contributed by atoms with Gasteiger partial charge in [0.1, 0.15) is 11.5 Å². The van der Waals surface area contributed by atoms with Crippen LogP contribution in [0.25, 0.3) is 22.5 Å². The van der Waals surface area contributed by atoms with Crippen molar-refractivity contribution >= 4 is 34.9 Å². The maximum atomic E-state index is 14.1. The third-order valence-electron chi connectivity index (χ3n) is 6.21. The fourth-order valence-electron chi connectivity index (χ4n) is 4.19. The molecule has 194 valence electrons. The average Bonchev–Trinajstić information content (AvgIpc) is 3.38. The van der Waals surface area contributed by atoms with Crippen LogP contribution in [0.15, 0.2) is 97.1 Å². The number of methoxy groups -OCH3 is 2. The van der Waals surface area contributed by atoms with Crippen LogP contribution in [0, 0.1) is 0 Å². The first-order valence-electron chi connectivity index (χ1n) is 11.9. The minimum Gasteiger partial charge on any atom is -0.497 e. The second-order valence-electron chi connectivity index (χ2n) is 8.57. The standard InChI is InChI=1S/C31H22Cl2N2O4/c1-38-25-15-7-19(8-16-25)27-28(20-9-17-26(39-2)18-10-20)35(31(37)22-5-13-24(33)14-6-22)30(34-27)29(36)21-3-11-23(32)12-4-21/h3-18H,1-2H3. The van der Waals surface area contributed by atoms with Gasteiger partial charge in [0.25, 0.3) is 5.91 Å². The molecule has 8 heteroatoms. The zero-order valence-electron chi connectivity index (χ0n) is 21.0. The lowest BCUT2D eigenvalue weighted by Crippen LogP contribution is -2.20. The molecule has 0 aliphatic carbocycles. The topological polar surface area (TPSA) is 70.4 Å². The summed E-state index contributed by atoms with van der Waals surface area (Å²) in [7, 11) is 3.16. The Morgan fingerprint density at radius 2 is 1.10 bits per heavy atom. The SMILES string of the molecule is COc1ccc(-c2nc(C(=O)c3ccc(Cl)cc3)n(C(=O)c3ccc(Cl)cc3)c2-c2ccc(OC)cc2)cc1. The van der Waals surface area contributed by atoms with Gasteiger partial charge in [0.2, 0.25) is 5.78 Å². The van der Waals surface area contributed by atoms with E-state index < -0.39 is 11.7 Å². The number of benzene rings is 4. The first kappa shape index (κ1) is 26.2. The number of carbonyl (C=O) groups is 2. The number of imidazole rings is 1. The summed E-state index contributed by atoms with van der Waals surface area (Å²) in [5.41, 5.74) is 2.98. The number of halogens is 2. The van der Waals surface area contributed by atoms with E-state index in [9.17, 15) is 9.59 Å². The van der Waals surface area contributed by atoms with E-state index in [1.165, 1.54) is 4.57 Å². The molecule has 0 spiro atoms. The predicted octanol–water partition coefficient (Wildman–Crippen LogP) is 7.46. The Balaban J connectivity index is 1.80. The van der Waals surface area contributed by atoms with E-state index in [4.69, 9.17) is 37.7 Å². The first-order chi connectivity index (χ1) is 18.9. The van der Waals surface area contributed by atoms with Gasteiger partial charge in [-0.3, -0.25) is 14.2 Å². The highest BCUT2D eigenvalue weighted by Gasteiger charge is 2.29. The molecular formula is C31H22Cl2N2O4. The van der Waals surface area contributed by atoms with Gasteiger partial charge in [-0.05, 0) is 97.1 Å². The van der Waals surface area contributed by atoms with Crippen molar-refractivity contribution in [3.8, 4) is 34.0 Å². The van der Waals surface area contributed by atoms with Crippen molar-refractivity contribution in [1.29, 1.82) is 0 Å². The van der Waals surface area contributed by atoms with Gasteiger partial charge < -0.3 is 9.47 Å². The van der Waals surface area contributed by atoms with Crippen LogP contribution in [0.4, 0.5) is 0 Å². The molecule has 5 aromatic rings. The highest BCUT2D eigenvalue weighted by atomic mass is 35.5. The fraction of sp³-hybridized carbons (Fsp3) is 0.0645. The van der Waals surface area contributed by atoms with Crippen molar-refractivity contribution in [1.82, 2.24) is 9.55 Å². The Morgan fingerprint density at radius 1 is 0.641 bits per heavy atom. The predicted molar refractivity (Wildman–Crippen MR) is 152 cm³/mol. The number of nitrogens with zero attached hydrogens (tertiary/aromatic N) is 2. The van der Waals surface area contributed by atoms with Crippen molar-refractivity contribution in [3.05, 3.63) is 124 Å². The second-order valence-corrected chi connectivity index (χ2v) is 9.45. The third kappa shape index (κ3) is 5.30. The van der Waals surface area contributed by atoms with Crippen molar-refractivity contribution < 1.29 is 19.1 Å². The maximum absolute atomic E-state index is 14.1. The maximum Gasteiger partial charge on any atom is 0.264 e. The summed E-state index contributed by atoms with van der Waals surface area (Å²) in [6.45, 7) is 0. The normalized spacial score (nSPS) is 10.8. The Morgan fingerprint density at radius 3 is 1.59 bits per heavy atom. The van der Waals surface area contributed by atoms with Crippen LogP contribution in [0.1, 0.15) is 26.5 Å². The van der Waals surface area contributed by atoms with Crippen molar-refractivity contribution in [2.75, 3.05) is 14.2 Å². The summed E-state index contributed by atoms with van der Waals surface area (Å²) in [4.78, 5) is 32.7. The molecule has 0 saturated carbocycles. The quantitative estimate of drug-likeness (QED) is 0.194. The Labute approximate surface area is 235 Å². The molecule has 39 heavy (non-hydrogen) atoms.